The first kappa shape index (κ1) is 20.4. The Labute approximate surface area is 167 Å². The first-order chi connectivity index (χ1) is 13.5. The second-order valence-corrected chi connectivity index (χ2v) is 7.60. The zero-order valence-corrected chi connectivity index (χ0v) is 17.5. The molecule has 0 N–H and O–H groups in total. The lowest BCUT2D eigenvalue weighted by Gasteiger charge is -2.34. The van der Waals surface area contributed by atoms with Crippen molar-refractivity contribution in [2.24, 2.45) is 0 Å². The van der Waals surface area contributed by atoms with Gasteiger partial charge in [-0.2, -0.15) is 0 Å². The lowest BCUT2D eigenvalue weighted by molar-refractivity contribution is -0.132. The normalized spacial score (nSPS) is 15.1. The number of ether oxygens (including phenoxy) is 1. The summed E-state index contributed by atoms with van der Waals surface area (Å²) in [6.07, 6.45) is 1.37. The first-order valence-electron chi connectivity index (χ1n) is 10.1. The Morgan fingerprint density at radius 2 is 1.89 bits per heavy atom. The number of aryl methyl sites for hydroxylation is 3. The van der Waals surface area contributed by atoms with Gasteiger partial charge in [-0.1, -0.05) is 17.3 Å². The van der Waals surface area contributed by atoms with Crippen molar-refractivity contribution in [3.05, 3.63) is 46.3 Å². The Balaban J connectivity index is 1.37. The number of carbonyl (C=O) groups is 1. The number of benzene rings is 1. The van der Waals surface area contributed by atoms with Gasteiger partial charge in [0.05, 0.1) is 18.7 Å². The van der Waals surface area contributed by atoms with Crippen molar-refractivity contribution in [1.82, 2.24) is 15.0 Å². The van der Waals surface area contributed by atoms with Crippen molar-refractivity contribution in [2.75, 3.05) is 39.3 Å². The first-order valence-corrected chi connectivity index (χ1v) is 10.1. The molecule has 152 valence electrons. The van der Waals surface area contributed by atoms with E-state index in [4.69, 9.17) is 9.26 Å². The predicted octanol–water partition coefficient (Wildman–Crippen LogP) is 3.06. The number of hydrogen-bond acceptors (Lipinski definition) is 5. The molecule has 28 heavy (non-hydrogen) atoms. The van der Waals surface area contributed by atoms with Gasteiger partial charge in [0.1, 0.15) is 11.5 Å². The summed E-state index contributed by atoms with van der Waals surface area (Å²) in [6, 6.07) is 6.18. The van der Waals surface area contributed by atoms with Crippen LogP contribution in [0.2, 0.25) is 0 Å². The minimum atomic E-state index is 0.160. The minimum absolute atomic E-state index is 0.160. The topological polar surface area (TPSA) is 58.8 Å². The highest BCUT2D eigenvalue weighted by molar-refractivity contribution is 5.79. The van der Waals surface area contributed by atoms with Gasteiger partial charge in [0.15, 0.2) is 0 Å². The maximum atomic E-state index is 12.6. The van der Waals surface area contributed by atoms with Crippen LogP contribution in [-0.4, -0.2) is 60.2 Å². The molecule has 2 heterocycles. The van der Waals surface area contributed by atoms with E-state index in [1.165, 1.54) is 11.1 Å². The number of hydrogen-bond donors (Lipinski definition) is 0. The van der Waals surface area contributed by atoms with Gasteiger partial charge in [0.2, 0.25) is 5.91 Å². The SMILES string of the molecule is Cc1cccc(OCCCN2CCN(C(=O)Cc3c(C)noc3C)CC2)c1C. The maximum absolute atomic E-state index is 12.6. The van der Waals surface area contributed by atoms with Crippen molar-refractivity contribution in [3.63, 3.8) is 0 Å². The molecule has 6 nitrogen and oxygen atoms in total. The fraction of sp³-hybridized carbons (Fsp3) is 0.545. The van der Waals surface area contributed by atoms with Crippen LogP contribution in [0.5, 0.6) is 5.75 Å². The van der Waals surface area contributed by atoms with E-state index in [-0.39, 0.29) is 5.91 Å². The van der Waals surface area contributed by atoms with Crippen LogP contribution in [0.3, 0.4) is 0 Å². The van der Waals surface area contributed by atoms with E-state index >= 15 is 0 Å². The standard InChI is InChI=1S/C22H31N3O3/c1-16-7-5-8-21(17(16)2)27-14-6-9-24-10-12-25(13-11-24)22(26)15-20-18(3)23-28-19(20)4/h5,7-8H,6,9-15H2,1-4H3. The molecule has 1 amide bonds. The summed E-state index contributed by atoms with van der Waals surface area (Å²) in [5.74, 6) is 1.88. The highest BCUT2D eigenvalue weighted by Crippen LogP contribution is 2.20. The number of aromatic nitrogens is 1. The Kier molecular flexibility index (Phi) is 6.73. The van der Waals surface area contributed by atoms with E-state index in [9.17, 15) is 4.79 Å². The van der Waals surface area contributed by atoms with Gasteiger partial charge in [-0.05, 0) is 51.3 Å². The largest absolute Gasteiger partial charge is 0.493 e. The molecular formula is C22H31N3O3. The maximum Gasteiger partial charge on any atom is 0.227 e. The highest BCUT2D eigenvalue weighted by atomic mass is 16.5. The molecule has 0 saturated carbocycles. The van der Waals surface area contributed by atoms with Crippen molar-refractivity contribution < 1.29 is 14.1 Å². The molecule has 6 heteroatoms. The van der Waals surface area contributed by atoms with Gasteiger partial charge < -0.3 is 14.2 Å². The molecule has 1 aromatic heterocycles. The zero-order chi connectivity index (χ0) is 20.1. The molecule has 3 rings (SSSR count). The van der Waals surface area contributed by atoms with Gasteiger partial charge in [-0.3, -0.25) is 9.69 Å². The van der Waals surface area contributed by atoms with Gasteiger partial charge in [0.25, 0.3) is 0 Å². The molecule has 1 aliphatic heterocycles. The van der Waals surface area contributed by atoms with E-state index < -0.39 is 0 Å². The van der Waals surface area contributed by atoms with Crippen molar-refractivity contribution >= 4 is 5.91 Å². The van der Waals surface area contributed by atoms with Crippen LogP contribution in [0.25, 0.3) is 0 Å². The van der Waals surface area contributed by atoms with Crippen LogP contribution in [0, 0.1) is 27.7 Å². The number of rotatable bonds is 7. The molecular weight excluding hydrogens is 354 g/mol. The highest BCUT2D eigenvalue weighted by Gasteiger charge is 2.23. The van der Waals surface area contributed by atoms with Crippen LogP contribution >= 0.6 is 0 Å². The summed E-state index contributed by atoms with van der Waals surface area (Å²) >= 11 is 0. The monoisotopic (exact) mass is 385 g/mol. The third-order valence-electron chi connectivity index (χ3n) is 5.67. The Bertz CT molecular complexity index is 788. The van der Waals surface area contributed by atoms with Gasteiger partial charge in [-0.15, -0.1) is 0 Å². The Morgan fingerprint density at radius 1 is 1.14 bits per heavy atom. The quantitative estimate of drug-likeness (QED) is 0.686. The molecule has 1 aromatic carbocycles. The van der Waals surface area contributed by atoms with Crippen LogP contribution in [-0.2, 0) is 11.2 Å². The summed E-state index contributed by atoms with van der Waals surface area (Å²) in [7, 11) is 0. The van der Waals surface area contributed by atoms with Crippen LogP contribution in [0.1, 0.15) is 34.6 Å². The number of carbonyl (C=O) groups excluding carboxylic acids is 1. The molecule has 1 saturated heterocycles. The third-order valence-corrected chi connectivity index (χ3v) is 5.67. The minimum Gasteiger partial charge on any atom is -0.493 e. The van der Waals surface area contributed by atoms with Crippen molar-refractivity contribution in [2.45, 2.75) is 40.5 Å². The summed E-state index contributed by atoms with van der Waals surface area (Å²) in [5.41, 5.74) is 4.21. The second-order valence-electron chi connectivity index (χ2n) is 7.60. The Morgan fingerprint density at radius 3 is 2.57 bits per heavy atom. The Hall–Kier alpha value is -2.34. The summed E-state index contributed by atoms with van der Waals surface area (Å²) < 4.78 is 11.1. The third kappa shape index (κ3) is 4.93. The van der Waals surface area contributed by atoms with Crippen LogP contribution < -0.4 is 4.74 Å². The fourth-order valence-electron chi connectivity index (χ4n) is 3.59. The van der Waals surface area contributed by atoms with E-state index in [0.29, 0.717) is 6.42 Å². The molecule has 0 aliphatic carbocycles. The average molecular weight is 386 g/mol. The van der Waals surface area contributed by atoms with Crippen LogP contribution in [0.4, 0.5) is 0 Å². The zero-order valence-electron chi connectivity index (χ0n) is 17.5. The van der Waals surface area contributed by atoms with Crippen LogP contribution in [0.15, 0.2) is 22.7 Å². The second kappa shape index (κ2) is 9.24. The molecule has 1 fully saturated rings. The summed E-state index contributed by atoms with van der Waals surface area (Å²) in [5, 5.41) is 3.93. The average Bonchev–Trinajstić information content (AvgIpc) is 3.00. The van der Waals surface area contributed by atoms with E-state index in [2.05, 4.69) is 30.0 Å². The summed E-state index contributed by atoms with van der Waals surface area (Å²) in [4.78, 5) is 16.9. The number of nitrogens with zero attached hydrogens (tertiary/aromatic N) is 3. The molecule has 1 aliphatic rings. The molecule has 0 bridgehead atoms. The number of amides is 1. The van der Waals surface area contributed by atoms with E-state index in [1.54, 1.807) is 0 Å². The molecule has 2 aromatic rings. The lowest BCUT2D eigenvalue weighted by Crippen LogP contribution is -2.49. The van der Waals surface area contributed by atoms with Crippen molar-refractivity contribution in [1.29, 1.82) is 0 Å². The molecule has 0 spiro atoms. The van der Waals surface area contributed by atoms with E-state index in [0.717, 1.165) is 68.5 Å². The van der Waals surface area contributed by atoms with Gasteiger partial charge in [0, 0.05) is 38.3 Å². The molecule has 0 unspecified atom stereocenters. The number of piperazine rings is 1. The van der Waals surface area contributed by atoms with Crippen molar-refractivity contribution in [3.8, 4) is 5.75 Å². The summed E-state index contributed by atoms with van der Waals surface area (Å²) in [6.45, 7) is 13.1. The predicted molar refractivity (Wildman–Crippen MR) is 109 cm³/mol. The van der Waals surface area contributed by atoms with E-state index in [1.807, 2.05) is 30.9 Å². The van der Waals surface area contributed by atoms with Gasteiger partial charge >= 0.3 is 0 Å². The molecule has 0 atom stereocenters. The lowest BCUT2D eigenvalue weighted by atomic mass is 10.1. The smallest absolute Gasteiger partial charge is 0.227 e. The fourth-order valence-corrected chi connectivity index (χ4v) is 3.59. The van der Waals surface area contributed by atoms with Gasteiger partial charge in [-0.25, -0.2) is 0 Å². The molecule has 0 radical (unpaired) electrons.